The van der Waals surface area contributed by atoms with E-state index in [1.165, 1.54) is 17.8 Å². The molecular weight excluding hydrogens is 293 g/mol. The van der Waals surface area contributed by atoms with Gasteiger partial charge in [-0.3, -0.25) is 4.79 Å². The standard InChI is InChI=1S/C14H14FN3O2S/c1-8(12(19)16-9-6-7-9)21-14-18-17-13(20-14)10-4-2-3-5-11(10)15/h2-5,8-9H,6-7H2,1H3,(H,16,19). The summed E-state index contributed by atoms with van der Waals surface area (Å²) in [7, 11) is 0. The first-order chi connectivity index (χ1) is 10.1. The summed E-state index contributed by atoms with van der Waals surface area (Å²) in [5, 5.41) is 10.5. The summed E-state index contributed by atoms with van der Waals surface area (Å²) >= 11 is 1.17. The Kier molecular flexibility index (Phi) is 3.92. The van der Waals surface area contributed by atoms with Gasteiger partial charge in [0.25, 0.3) is 11.1 Å². The molecule has 1 saturated carbocycles. The molecule has 7 heteroatoms. The Labute approximate surface area is 125 Å². The Morgan fingerprint density at radius 1 is 1.43 bits per heavy atom. The van der Waals surface area contributed by atoms with Gasteiger partial charge >= 0.3 is 0 Å². The number of aromatic nitrogens is 2. The number of nitrogens with zero attached hydrogens (tertiary/aromatic N) is 2. The average Bonchev–Trinajstić information content (AvgIpc) is 3.16. The van der Waals surface area contributed by atoms with Gasteiger partial charge in [0.2, 0.25) is 5.91 Å². The van der Waals surface area contributed by atoms with E-state index in [2.05, 4.69) is 15.5 Å². The Morgan fingerprint density at radius 3 is 2.90 bits per heavy atom. The number of hydrogen-bond donors (Lipinski definition) is 1. The van der Waals surface area contributed by atoms with Crippen LogP contribution in [-0.2, 0) is 4.79 Å². The lowest BCUT2D eigenvalue weighted by Gasteiger charge is -2.08. The van der Waals surface area contributed by atoms with Crippen LogP contribution in [0.15, 0.2) is 33.9 Å². The summed E-state index contributed by atoms with van der Waals surface area (Å²) < 4.78 is 19.0. The number of hydrogen-bond acceptors (Lipinski definition) is 5. The molecule has 110 valence electrons. The summed E-state index contributed by atoms with van der Waals surface area (Å²) in [6.45, 7) is 1.77. The van der Waals surface area contributed by atoms with E-state index in [9.17, 15) is 9.18 Å². The van der Waals surface area contributed by atoms with Gasteiger partial charge in [-0.15, -0.1) is 10.2 Å². The molecule has 1 aliphatic carbocycles. The number of nitrogens with one attached hydrogen (secondary N) is 1. The third-order valence-corrected chi connectivity index (χ3v) is 4.02. The van der Waals surface area contributed by atoms with Crippen molar-refractivity contribution in [2.24, 2.45) is 0 Å². The van der Waals surface area contributed by atoms with Crippen molar-refractivity contribution in [3.8, 4) is 11.5 Å². The van der Waals surface area contributed by atoms with Gasteiger partial charge in [-0.05, 0) is 31.9 Å². The average molecular weight is 307 g/mol. The highest BCUT2D eigenvalue weighted by atomic mass is 32.2. The molecule has 5 nitrogen and oxygen atoms in total. The summed E-state index contributed by atoms with van der Waals surface area (Å²) in [6.07, 6.45) is 2.09. The highest BCUT2D eigenvalue weighted by Crippen LogP contribution is 2.28. The molecule has 1 amide bonds. The third-order valence-electron chi connectivity index (χ3n) is 3.08. The fraction of sp³-hybridized carbons (Fsp3) is 0.357. The number of carbonyl (C=O) groups is 1. The molecule has 0 radical (unpaired) electrons. The summed E-state index contributed by atoms with van der Waals surface area (Å²) in [5.74, 6) is -0.351. The molecule has 1 atom stereocenters. The van der Waals surface area contributed by atoms with Crippen molar-refractivity contribution in [1.82, 2.24) is 15.5 Å². The van der Waals surface area contributed by atoms with Crippen molar-refractivity contribution in [1.29, 1.82) is 0 Å². The van der Waals surface area contributed by atoms with Crippen molar-refractivity contribution < 1.29 is 13.6 Å². The van der Waals surface area contributed by atoms with Gasteiger partial charge in [0.15, 0.2) is 0 Å². The molecular formula is C14H14FN3O2S. The highest BCUT2D eigenvalue weighted by molar-refractivity contribution is 8.00. The topological polar surface area (TPSA) is 68.0 Å². The van der Waals surface area contributed by atoms with Crippen LogP contribution in [0, 0.1) is 5.82 Å². The Hall–Kier alpha value is -1.89. The first-order valence-corrected chi connectivity index (χ1v) is 7.57. The van der Waals surface area contributed by atoms with Crippen molar-refractivity contribution in [2.75, 3.05) is 0 Å². The molecule has 3 rings (SSSR count). The van der Waals surface area contributed by atoms with Crippen LogP contribution in [0.1, 0.15) is 19.8 Å². The lowest BCUT2D eigenvalue weighted by molar-refractivity contribution is -0.120. The van der Waals surface area contributed by atoms with Crippen molar-refractivity contribution in [2.45, 2.75) is 36.3 Å². The predicted octanol–water partition coefficient (Wildman–Crippen LogP) is 2.63. The fourth-order valence-corrected chi connectivity index (χ4v) is 2.44. The Morgan fingerprint density at radius 2 is 2.19 bits per heavy atom. The van der Waals surface area contributed by atoms with E-state index in [0.29, 0.717) is 6.04 Å². The monoisotopic (exact) mass is 307 g/mol. The number of thioether (sulfide) groups is 1. The Balaban J connectivity index is 1.67. The van der Waals surface area contributed by atoms with Crippen LogP contribution in [-0.4, -0.2) is 27.4 Å². The maximum absolute atomic E-state index is 13.6. The van der Waals surface area contributed by atoms with E-state index in [1.54, 1.807) is 25.1 Å². The second-order valence-corrected chi connectivity index (χ2v) is 6.19. The molecule has 0 saturated heterocycles. The molecule has 1 fully saturated rings. The van der Waals surface area contributed by atoms with Crippen molar-refractivity contribution in [3.05, 3.63) is 30.1 Å². The van der Waals surface area contributed by atoms with E-state index >= 15 is 0 Å². The molecule has 1 N–H and O–H groups in total. The maximum Gasteiger partial charge on any atom is 0.277 e. The number of rotatable bonds is 5. The van der Waals surface area contributed by atoms with Gasteiger partial charge in [-0.1, -0.05) is 23.9 Å². The maximum atomic E-state index is 13.6. The van der Waals surface area contributed by atoms with Crippen LogP contribution in [0.25, 0.3) is 11.5 Å². The van der Waals surface area contributed by atoms with E-state index in [0.717, 1.165) is 12.8 Å². The highest BCUT2D eigenvalue weighted by Gasteiger charge is 2.27. The lowest BCUT2D eigenvalue weighted by Crippen LogP contribution is -2.32. The van der Waals surface area contributed by atoms with E-state index in [-0.39, 0.29) is 27.8 Å². The molecule has 0 spiro atoms. The van der Waals surface area contributed by atoms with Gasteiger partial charge in [-0.2, -0.15) is 0 Å². The number of amides is 1. The molecule has 2 aromatic rings. The molecule has 1 aromatic heterocycles. The van der Waals surface area contributed by atoms with E-state index < -0.39 is 5.82 Å². The molecule has 1 heterocycles. The third kappa shape index (κ3) is 3.41. The first-order valence-electron chi connectivity index (χ1n) is 6.69. The number of halogens is 1. The molecule has 1 unspecified atom stereocenters. The zero-order valence-electron chi connectivity index (χ0n) is 11.4. The zero-order valence-corrected chi connectivity index (χ0v) is 12.2. The predicted molar refractivity (Wildman–Crippen MR) is 76.2 cm³/mol. The lowest BCUT2D eigenvalue weighted by atomic mass is 10.2. The van der Waals surface area contributed by atoms with Gasteiger partial charge < -0.3 is 9.73 Å². The van der Waals surface area contributed by atoms with Crippen molar-refractivity contribution >= 4 is 17.7 Å². The van der Waals surface area contributed by atoms with E-state index in [4.69, 9.17) is 4.42 Å². The molecule has 0 bridgehead atoms. The quantitative estimate of drug-likeness (QED) is 0.860. The minimum absolute atomic E-state index is 0.0480. The zero-order chi connectivity index (χ0) is 14.8. The summed E-state index contributed by atoms with van der Waals surface area (Å²) in [4.78, 5) is 11.8. The molecule has 1 aliphatic rings. The minimum atomic E-state index is -0.419. The van der Waals surface area contributed by atoms with Crippen LogP contribution in [0.5, 0.6) is 0 Å². The van der Waals surface area contributed by atoms with Gasteiger partial charge in [0.1, 0.15) is 5.82 Å². The van der Waals surface area contributed by atoms with Crippen molar-refractivity contribution in [3.63, 3.8) is 0 Å². The van der Waals surface area contributed by atoms with Crippen LogP contribution in [0.3, 0.4) is 0 Å². The number of benzene rings is 1. The van der Waals surface area contributed by atoms with Crippen LogP contribution < -0.4 is 5.32 Å². The number of carbonyl (C=O) groups excluding carboxylic acids is 1. The van der Waals surface area contributed by atoms with Crippen LogP contribution >= 0.6 is 11.8 Å². The second kappa shape index (κ2) is 5.85. The van der Waals surface area contributed by atoms with Gasteiger partial charge in [0.05, 0.1) is 10.8 Å². The van der Waals surface area contributed by atoms with Gasteiger partial charge in [-0.25, -0.2) is 4.39 Å². The molecule has 0 aliphatic heterocycles. The fourth-order valence-electron chi connectivity index (χ4n) is 1.75. The minimum Gasteiger partial charge on any atom is -0.411 e. The Bertz CT molecular complexity index is 657. The normalized spacial score (nSPS) is 15.7. The van der Waals surface area contributed by atoms with Crippen LogP contribution in [0.2, 0.25) is 0 Å². The van der Waals surface area contributed by atoms with Crippen LogP contribution in [0.4, 0.5) is 4.39 Å². The smallest absolute Gasteiger partial charge is 0.277 e. The SMILES string of the molecule is CC(Sc1nnc(-c2ccccc2F)o1)C(=O)NC1CC1. The summed E-state index contributed by atoms with van der Waals surface area (Å²) in [5.41, 5.74) is 0.256. The second-order valence-electron chi connectivity index (χ2n) is 4.90. The summed E-state index contributed by atoms with van der Waals surface area (Å²) in [6, 6.07) is 6.51. The van der Waals surface area contributed by atoms with E-state index in [1.807, 2.05) is 0 Å². The molecule has 21 heavy (non-hydrogen) atoms. The molecule has 1 aromatic carbocycles. The largest absolute Gasteiger partial charge is 0.411 e. The van der Waals surface area contributed by atoms with Gasteiger partial charge in [0, 0.05) is 6.04 Å². The first kappa shape index (κ1) is 14.1.